The molecule has 10 heteroatoms. The predicted molar refractivity (Wildman–Crippen MR) is 110 cm³/mol. The number of nitrogens with zero attached hydrogens (tertiary/aromatic N) is 3. The van der Waals surface area contributed by atoms with Gasteiger partial charge in [-0.05, 0) is 26.0 Å². The summed E-state index contributed by atoms with van der Waals surface area (Å²) < 4.78 is 5.21. The Balaban J connectivity index is 1.96. The Morgan fingerprint density at radius 1 is 1.18 bits per heavy atom. The maximum atomic E-state index is 12.9. The van der Waals surface area contributed by atoms with E-state index in [1.54, 1.807) is 46.1 Å². The molecule has 3 aromatic rings. The summed E-state index contributed by atoms with van der Waals surface area (Å²) in [4.78, 5) is 31.3. The molecule has 3 rings (SSSR count). The van der Waals surface area contributed by atoms with E-state index in [2.05, 4.69) is 15.5 Å². The van der Waals surface area contributed by atoms with Crippen LogP contribution >= 0.6 is 34.5 Å². The number of amides is 2. The van der Waals surface area contributed by atoms with E-state index in [-0.39, 0.29) is 17.2 Å². The fourth-order valence-electron chi connectivity index (χ4n) is 2.55. The van der Waals surface area contributed by atoms with Crippen LogP contribution in [0.25, 0.3) is 11.3 Å². The summed E-state index contributed by atoms with van der Waals surface area (Å²) in [5.41, 5.74) is 1.38. The van der Waals surface area contributed by atoms with E-state index in [0.29, 0.717) is 37.1 Å². The number of hydrogen-bond donors (Lipinski definition) is 1. The molecule has 0 spiro atoms. The number of aromatic nitrogens is 2. The van der Waals surface area contributed by atoms with Crippen LogP contribution in [0.15, 0.2) is 22.7 Å². The topological polar surface area (TPSA) is 88.3 Å². The van der Waals surface area contributed by atoms with Crippen molar-refractivity contribution in [3.8, 4) is 11.3 Å². The van der Waals surface area contributed by atoms with Crippen molar-refractivity contribution >= 4 is 51.5 Å². The molecule has 2 heterocycles. The fourth-order valence-corrected chi connectivity index (χ4v) is 4.10. The quantitative estimate of drug-likeness (QED) is 0.638. The van der Waals surface area contributed by atoms with Crippen LogP contribution in [-0.2, 0) is 0 Å². The van der Waals surface area contributed by atoms with Crippen LogP contribution in [0.5, 0.6) is 0 Å². The Hall–Kier alpha value is -2.42. The van der Waals surface area contributed by atoms with E-state index >= 15 is 0 Å². The summed E-state index contributed by atoms with van der Waals surface area (Å²) in [7, 11) is 3.31. The molecule has 146 valence electrons. The van der Waals surface area contributed by atoms with Gasteiger partial charge in [0.1, 0.15) is 21.9 Å². The van der Waals surface area contributed by atoms with E-state index in [9.17, 15) is 9.59 Å². The van der Waals surface area contributed by atoms with Gasteiger partial charge in [-0.15, -0.1) is 0 Å². The van der Waals surface area contributed by atoms with Gasteiger partial charge in [-0.3, -0.25) is 14.9 Å². The van der Waals surface area contributed by atoms with Crippen LogP contribution < -0.4 is 5.32 Å². The standard InChI is InChI=1S/C18H16Cl2N4O3S/c1-8-15(17(26)24(3)4)28-18(21-8)22-16(25)12-9(2)27-23-14(12)13-10(19)6-5-7-11(13)20/h5-7H,1-4H3,(H,21,22,25). The Morgan fingerprint density at radius 3 is 2.43 bits per heavy atom. The molecule has 0 saturated carbocycles. The number of halogens is 2. The summed E-state index contributed by atoms with van der Waals surface area (Å²) in [5.74, 6) is -0.358. The van der Waals surface area contributed by atoms with E-state index < -0.39 is 5.91 Å². The lowest BCUT2D eigenvalue weighted by molar-refractivity contribution is 0.0831. The van der Waals surface area contributed by atoms with Crippen molar-refractivity contribution in [2.24, 2.45) is 0 Å². The first-order valence-corrected chi connectivity index (χ1v) is 9.69. The minimum absolute atomic E-state index is 0.180. The van der Waals surface area contributed by atoms with Crippen LogP contribution in [0.3, 0.4) is 0 Å². The molecule has 0 aliphatic carbocycles. The lowest BCUT2D eigenvalue weighted by Crippen LogP contribution is -2.21. The molecule has 0 atom stereocenters. The molecule has 0 fully saturated rings. The number of rotatable bonds is 4. The lowest BCUT2D eigenvalue weighted by Gasteiger charge is -2.08. The van der Waals surface area contributed by atoms with Crippen LogP contribution in [0, 0.1) is 13.8 Å². The SMILES string of the molecule is Cc1nc(NC(=O)c2c(-c3c(Cl)cccc3Cl)noc2C)sc1C(=O)N(C)C. The molecule has 0 saturated heterocycles. The minimum Gasteiger partial charge on any atom is -0.360 e. The third-order valence-corrected chi connectivity index (χ3v) is 5.60. The molecule has 0 unspecified atom stereocenters. The van der Waals surface area contributed by atoms with Crippen LogP contribution in [0.4, 0.5) is 5.13 Å². The van der Waals surface area contributed by atoms with Crippen molar-refractivity contribution in [3.63, 3.8) is 0 Å². The summed E-state index contributed by atoms with van der Waals surface area (Å²) in [6.45, 7) is 3.33. The third kappa shape index (κ3) is 3.76. The van der Waals surface area contributed by atoms with Gasteiger partial charge in [0.05, 0.1) is 15.7 Å². The highest BCUT2D eigenvalue weighted by Crippen LogP contribution is 2.37. The van der Waals surface area contributed by atoms with Crippen molar-refractivity contribution in [1.29, 1.82) is 0 Å². The molecule has 1 N–H and O–H groups in total. The predicted octanol–water partition coefficient (Wildman–Crippen LogP) is 4.68. The average molecular weight is 439 g/mol. The fraction of sp³-hybridized carbons (Fsp3) is 0.222. The Labute approximate surface area is 175 Å². The number of nitrogens with one attached hydrogen (secondary N) is 1. The van der Waals surface area contributed by atoms with E-state index in [0.717, 1.165) is 11.3 Å². The number of hydrogen-bond acceptors (Lipinski definition) is 6. The molecule has 0 radical (unpaired) electrons. The highest BCUT2D eigenvalue weighted by atomic mass is 35.5. The van der Waals surface area contributed by atoms with Crippen LogP contribution in [-0.4, -0.2) is 41.0 Å². The monoisotopic (exact) mass is 438 g/mol. The van der Waals surface area contributed by atoms with Gasteiger partial charge in [-0.25, -0.2) is 4.98 Å². The highest BCUT2D eigenvalue weighted by molar-refractivity contribution is 7.17. The summed E-state index contributed by atoms with van der Waals surface area (Å²) in [6.07, 6.45) is 0. The van der Waals surface area contributed by atoms with Gasteiger partial charge in [0, 0.05) is 19.7 Å². The largest absolute Gasteiger partial charge is 0.360 e. The second-order valence-corrected chi connectivity index (χ2v) is 7.96. The molecule has 7 nitrogen and oxygen atoms in total. The van der Waals surface area contributed by atoms with Crippen LogP contribution in [0.2, 0.25) is 10.0 Å². The first-order valence-electron chi connectivity index (χ1n) is 8.11. The molecular weight excluding hydrogens is 423 g/mol. The Kier molecular flexibility index (Phi) is 5.74. The maximum Gasteiger partial charge on any atom is 0.265 e. The van der Waals surface area contributed by atoms with Crippen molar-refractivity contribution < 1.29 is 14.1 Å². The molecule has 0 aliphatic heterocycles. The molecule has 0 bridgehead atoms. The van der Waals surface area contributed by atoms with Crippen molar-refractivity contribution in [2.75, 3.05) is 19.4 Å². The second kappa shape index (κ2) is 7.90. The first-order chi connectivity index (χ1) is 13.2. The Bertz CT molecular complexity index is 1050. The highest BCUT2D eigenvalue weighted by Gasteiger charge is 2.26. The number of thiazole rings is 1. The molecule has 2 aromatic heterocycles. The number of aryl methyl sites for hydroxylation is 2. The molecule has 0 aliphatic rings. The smallest absolute Gasteiger partial charge is 0.265 e. The summed E-state index contributed by atoms with van der Waals surface area (Å²) >= 11 is 13.6. The van der Waals surface area contributed by atoms with Gasteiger partial charge in [-0.1, -0.05) is 45.8 Å². The van der Waals surface area contributed by atoms with E-state index in [1.807, 2.05) is 0 Å². The molecule has 28 heavy (non-hydrogen) atoms. The van der Waals surface area contributed by atoms with Crippen molar-refractivity contribution in [2.45, 2.75) is 13.8 Å². The van der Waals surface area contributed by atoms with Gasteiger partial charge in [0.25, 0.3) is 11.8 Å². The Morgan fingerprint density at radius 2 is 1.82 bits per heavy atom. The number of benzene rings is 1. The molecular formula is C18H16Cl2N4O3S. The van der Waals surface area contributed by atoms with Gasteiger partial charge in [0.2, 0.25) is 0 Å². The summed E-state index contributed by atoms with van der Waals surface area (Å²) in [5, 5.41) is 7.65. The minimum atomic E-state index is -0.484. The van der Waals surface area contributed by atoms with E-state index in [1.165, 1.54) is 4.90 Å². The van der Waals surface area contributed by atoms with Gasteiger partial charge >= 0.3 is 0 Å². The van der Waals surface area contributed by atoms with Gasteiger partial charge in [-0.2, -0.15) is 0 Å². The maximum absolute atomic E-state index is 12.9. The van der Waals surface area contributed by atoms with E-state index in [4.69, 9.17) is 27.7 Å². The normalized spacial score (nSPS) is 10.8. The zero-order valence-electron chi connectivity index (χ0n) is 15.5. The zero-order chi connectivity index (χ0) is 20.6. The molecule has 2 amide bonds. The third-order valence-electron chi connectivity index (χ3n) is 3.91. The summed E-state index contributed by atoms with van der Waals surface area (Å²) in [6, 6.07) is 5.00. The van der Waals surface area contributed by atoms with Crippen molar-refractivity contribution in [1.82, 2.24) is 15.0 Å². The second-order valence-electron chi connectivity index (χ2n) is 6.15. The molecule has 1 aromatic carbocycles. The van der Waals surface area contributed by atoms with Gasteiger partial charge in [0.15, 0.2) is 5.13 Å². The average Bonchev–Trinajstić information content (AvgIpc) is 3.16. The lowest BCUT2D eigenvalue weighted by atomic mass is 10.1. The number of carbonyl (C=O) groups is 2. The van der Waals surface area contributed by atoms with Crippen molar-refractivity contribution in [3.05, 3.63) is 50.1 Å². The zero-order valence-corrected chi connectivity index (χ0v) is 17.8. The first kappa shape index (κ1) is 20.3. The number of anilines is 1. The number of carbonyl (C=O) groups excluding carboxylic acids is 2. The van der Waals surface area contributed by atoms with Crippen LogP contribution in [0.1, 0.15) is 31.5 Å². The van der Waals surface area contributed by atoms with Gasteiger partial charge < -0.3 is 9.42 Å².